The highest BCUT2D eigenvalue weighted by molar-refractivity contribution is 6.40. The van der Waals surface area contributed by atoms with Crippen LogP contribution in [0.3, 0.4) is 0 Å². The molecule has 6 aromatic heterocycles. The number of hydrogen-bond donors (Lipinski definition) is 5. The summed E-state index contributed by atoms with van der Waals surface area (Å²) in [5, 5.41) is 20.8. The Balaban J connectivity index is 0.000000177. The highest BCUT2D eigenvalue weighted by atomic mass is 35.5. The number of likely N-dealkylation sites (N-methyl/N-ethyl adjacent to an activating group) is 2. The van der Waals surface area contributed by atoms with E-state index in [1.54, 1.807) is 17.3 Å². The zero-order chi connectivity index (χ0) is 67.8. The number of carbonyl (C=O) groups is 3. The van der Waals surface area contributed by atoms with E-state index < -0.39 is 5.60 Å². The monoisotopic (exact) mass is 1380 g/mol. The van der Waals surface area contributed by atoms with E-state index in [1.165, 1.54) is 11.3 Å². The molecule has 4 aromatic carbocycles. The molecule has 0 unspecified atom stereocenters. The van der Waals surface area contributed by atoms with E-state index in [9.17, 15) is 14.4 Å². The van der Waals surface area contributed by atoms with Gasteiger partial charge in [-0.25, -0.2) is 14.8 Å². The predicted molar refractivity (Wildman–Crippen MR) is 390 cm³/mol. The lowest BCUT2D eigenvalue weighted by molar-refractivity contribution is -0.120. The van der Waals surface area contributed by atoms with Gasteiger partial charge in [0.15, 0.2) is 0 Å². The number of carbonyl (C=O) groups excluding carboxylic acids is 3. The number of benzene rings is 4. The summed E-state index contributed by atoms with van der Waals surface area (Å²) in [4.78, 5) is 61.6. The fraction of sp³-hybridized carbons (Fsp3) is 0.320. The van der Waals surface area contributed by atoms with Gasteiger partial charge in [0.1, 0.15) is 16.9 Å². The maximum absolute atomic E-state index is 12.9. The van der Waals surface area contributed by atoms with Crippen molar-refractivity contribution in [3.05, 3.63) is 176 Å². The zero-order valence-electron chi connectivity index (χ0n) is 55.4. The third-order valence-corrected chi connectivity index (χ3v) is 20.1. The predicted octanol–water partition coefficient (Wildman–Crippen LogP) is 14.0. The van der Waals surface area contributed by atoms with Crippen molar-refractivity contribution in [2.45, 2.75) is 90.3 Å². The van der Waals surface area contributed by atoms with Gasteiger partial charge >= 0.3 is 6.09 Å². The number of halogens is 4. The third kappa shape index (κ3) is 14.4. The fourth-order valence-corrected chi connectivity index (χ4v) is 14.7. The number of hydrogen-bond acceptors (Lipinski definition) is 13. The molecule has 2 atom stereocenters. The Kier molecular flexibility index (Phi) is 19.7. The first-order valence-corrected chi connectivity index (χ1v) is 34.4. The molecule has 4 aliphatic heterocycles. The van der Waals surface area contributed by atoms with Crippen LogP contribution in [0, 0.1) is 0 Å². The lowest BCUT2D eigenvalue weighted by atomic mass is 9.99. The first-order chi connectivity index (χ1) is 46.7. The van der Waals surface area contributed by atoms with Gasteiger partial charge in [-0.05, 0) is 104 Å². The summed E-state index contributed by atoms with van der Waals surface area (Å²) < 4.78 is 9.74. The largest absolute Gasteiger partial charge is 0.444 e. The number of anilines is 2. The summed E-state index contributed by atoms with van der Waals surface area (Å²) in [6.07, 6.45) is 10.4. The van der Waals surface area contributed by atoms with Crippen molar-refractivity contribution in [2.75, 3.05) is 63.2 Å². The van der Waals surface area contributed by atoms with Crippen molar-refractivity contribution in [3.63, 3.8) is 0 Å². The van der Waals surface area contributed by atoms with Crippen molar-refractivity contribution in [1.29, 1.82) is 0 Å². The summed E-state index contributed by atoms with van der Waals surface area (Å²) in [5.74, 6) is 0.255. The second kappa shape index (κ2) is 28.5. The van der Waals surface area contributed by atoms with E-state index in [-0.39, 0.29) is 30.0 Å². The van der Waals surface area contributed by atoms with E-state index in [1.807, 2.05) is 124 Å². The molecule has 0 spiro atoms. The highest BCUT2D eigenvalue weighted by Gasteiger charge is 2.29. The van der Waals surface area contributed by atoms with Crippen LogP contribution < -0.4 is 36.4 Å². The Morgan fingerprint density at radius 1 is 0.577 bits per heavy atom. The highest BCUT2D eigenvalue weighted by Crippen LogP contribution is 2.45. The number of aromatic nitrogens is 6. The Labute approximate surface area is 585 Å². The second-order valence-corrected chi connectivity index (χ2v) is 28.0. The Morgan fingerprint density at radius 3 is 1.55 bits per heavy atom. The van der Waals surface area contributed by atoms with Crippen LogP contribution in [0.2, 0.25) is 20.1 Å². The van der Waals surface area contributed by atoms with Crippen molar-refractivity contribution in [2.24, 2.45) is 14.1 Å². The standard InChI is InChI=1S/C40H43Cl2N7O3.C35H35Cl2N7O/c1-40(2,3)52-39(51)49-18-17-47(4)33-19-24(9-10-25(33)23-49)37-36(42)30(15-16-44-37)29-7-6-8-31(35(29)41)32-13-12-28-26(22-48(5)38(28)46-32)20-43-21-27-11-14-34(50)45-27;1-43-15-14-38-17-22-7-6-21(16-30(22)43)34-33(37)27(12-13-40-34)26-4-3-5-28(32(26)36)29-10-9-25-23(20-44(2)35(25)42-29)18-39-19-24-8-11-31(45)41-24/h6-10,12-13,15-16,19,22,27,43H,11,14,17-18,20-21,23H2,1-5H3,(H,45,50);3-7,9-10,12-13,16,20,24,38-39H,8,11,14-15,17-19H2,1-2H3,(H,41,45)/t27-;24-/m00/s1. The normalized spacial score (nSPS) is 16.4. The number of pyridine rings is 4. The summed E-state index contributed by atoms with van der Waals surface area (Å²) >= 11 is 28.6. The molecule has 18 nitrogen and oxygen atoms in total. The average molecular weight is 1380 g/mol. The molecule has 4 aliphatic rings. The molecule has 2 saturated heterocycles. The molecule has 0 radical (unpaired) electrons. The number of aryl methyl sites for hydroxylation is 2. The maximum atomic E-state index is 12.9. The van der Waals surface area contributed by atoms with Crippen LogP contribution in [-0.4, -0.2) is 123 Å². The minimum Gasteiger partial charge on any atom is -0.444 e. The molecule has 5 N–H and O–H groups in total. The molecule has 0 aliphatic carbocycles. The van der Waals surface area contributed by atoms with Gasteiger partial charge < -0.3 is 55.2 Å². The summed E-state index contributed by atoms with van der Waals surface area (Å²) in [6.45, 7) is 12.8. The van der Waals surface area contributed by atoms with Crippen molar-refractivity contribution >= 4 is 97.8 Å². The lowest BCUT2D eigenvalue weighted by Crippen LogP contribution is -2.38. The van der Waals surface area contributed by atoms with E-state index in [2.05, 4.69) is 97.2 Å². The third-order valence-electron chi connectivity index (χ3n) is 18.5. The SMILES string of the molecule is CN1CCN(C(=O)OC(C)(C)C)Cc2ccc(-c3nccc(-c4cccc(-c5ccc6c(CNC[C@@H]7CCC(=O)N7)cn(C)c6n5)c4Cl)c3Cl)cc21.CN1CCNCc2ccc(-c3nccc(-c4cccc(-c5ccc6c(CNC[C@@H]7CCC(=O)N7)cn(C)c6n5)c4Cl)c3Cl)cc21. The van der Waals surface area contributed by atoms with E-state index in [0.717, 1.165) is 152 Å². The number of fused-ring (bicyclic) bond motifs is 4. The maximum Gasteiger partial charge on any atom is 0.410 e. The Hall–Kier alpha value is -8.59. The number of ether oxygens (including phenoxy) is 1. The molecule has 10 aromatic rings. The quantitative estimate of drug-likeness (QED) is 0.0692. The van der Waals surface area contributed by atoms with Gasteiger partial charge in [0, 0.05) is 203 Å². The Bertz CT molecular complexity index is 4680. The van der Waals surface area contributed by atoms with E-state index in [0.29, 0.717) is 71.3 Å². The summed E-state index contributed by atoms with van der Waals surface area (Å²) in [5.41, 5.74) is 17.5. The van der Waals surface area contributed by atoms with Crippen LogP contribution in [-0.2, 0) is 54.6 Å². The minimum atomic E-state index is -0.566. The summed E-state index contributed by atoms with van der Waals surface area (Å²) in [7, 11) is 8.14. The number of rotatable bonds is 14. The fourth-order valence-electron chi connectivity index (χ4n) is 13.4. The first kappa shape index (κ1) is 67.0. The van der Waals surface area contributed by atoms with Gasteiger partial charge in [0.05, 0.1) is 49.4 Å². The van der Waals surface area contributed by atoms with Gasteiger partial charge in [-0.3, -0.25) is 19.6 Å². The van der Waals surface area contributed by atoms with Gasteiger partial charge in [-0.1, -0.05) is 107 Å². The molecular formula is C75H78Cl4N14O4. The average Bonchev–Trinajstić information content (AvgIpc) is 1.75. The van der Waals surface area contributed by atoms with Crippen LogP contribution in [0.5, 0.6) is 0 Å². The topological polar surface area (TPSA) is 192 Å². The molecular weight excluding hydrogens is 1300 g/mol. The first-order valence-electron chi connectivity index (χ1n) is 32.9. The molecule has 10 heterocycles. The van der Waals surface area contributed by atoms with E-state index in [4.69, 9.17) is 66.1 Å². The molecule has 3 amide bonds. The van der Waals surface area contributed by atoms with Crippen molar-refractivity contribution in [1.82, 2.24) is 60.6 Å². The number of nitrogens with zero attached hydrogens (tertiary/aromatic N) is 9. The van der Waals surface area contributed by atoms with Crippen LogP contribution >= 0.6 is 46.4 Å². The molecule has 14 rings (SSSR count). The molecule has 0 bridgehead atoms. The van der Waals surface area contributed by atoms with Gasteiger partial charge in [-0.15, -0.1) is 0 Å². The van der Waals surface area contributed by atoms with Gasteiger partial charge in [0.25, 0.3) is 0 Å². The van der Waals surface area contributed by atoms with Crippen LogP contribution in [0.15, 0.2) is 134 Å². The smallest absolute Gasteiger partial charge is 0.410 e. The Morgan fingerprint density at radius 2 is 1.05 bits per heavy atom. The van der Waals surface area contributed by atoms with Crippen LogP contribution in [0.1, 0.15) is 68.7 Å². The van der Waals surface area contributed by atoms with Crippen LogP contribution in [0.25, 0.3) is 89.4 Å². The molecule has 0 saturated carbocycles. The van der Waals surface area contributed by atoms with Gasteiger partial charge in [0.2, 0.25) is 11.8 Å². The van der Waals surface area contributed by atoms with Crippen molar-refractivity contribution < 1.29 is 19.1 Å². The second-order valence-electron chi connectivity index (χ2n) is 26.5. The van der Waals surface area contributed by atoms with Gasteiger partial charge in [-0.2, -0.15) is 0 Å². The zero-order valence-corrected chi connectivity index (χ0v) is 58.4. The molecule has 2 fully saturated rings. The number of nitrogens with one attached hydrogen (secondary N) is 5. The number of amides is 3. The van der Waals surface area contributed by atoms with Crippen LogP contribution in [0.4, 0.5) is 16.2 Å². The lowest BCUT2D eigenvalue weighted by Gasteiger charge is -2.26. The van der Waals surface area contributed by atoms with Crippen molar-refractivity contribution in [3.8, 4) is 67.3 Å². The molecule has 97 heavy (non-hydrogen) atoms. The molecule has 22 heteroatoms. The minimum absolute atomic E-state index is 0.122. The molecule has 500 valence electrons. The van der Waals surface area contributed by atoms with E-state index >= 15 is 0 Å². The summed E-state index contributed by atoms with van der Waals surface area (Å²) in [6, 6.07) is 36.8.